The lowest BCUT2D eigenvalue weighted by Gasteiger charge is -2.41. The minimum Gasteiger partial charge on any atom is -0.358 e. The number of fused-ring (bicyclic) bond motifs is 5. The van der Waals surface area contributed by atoms with Gasteiger partial charge >= 0.3 is 6.18 Å². The van der Waals surface area contributed by atoms with Crippen molar-refractivity contribution >= 4 is 32.7 Å². The molecule has 13 heteroatoms. The molecule has 3 heterocycles. The molecule has 2 aromatic carbocycles. The first-order chi connectivity index (χ1) is 17.9. The second-order valence-electron chi connectivity index (χ2n) is 9.76. The maximum absolute atomic E-state index is 13.4. The van der Waals surface area contributed by atoms with E-state index in [-0.39, 0.29) is 38.0 Å². The molecule has 0 spiro atoms. The summed E-state index contributed by atoms with van der Waals surface area (Å²) in [6, 6.07) is 10.5. The number of rotatable bonds is 3. The lowest BCUT2D eigenvalue weighted by molar-refractivity contribution is -0.137. The topological polar surface area (TPSA) is 108 Å². The molecule has 1 aromatic heterocycles. The number of alkyl halides is 3. The number of carbonyl (C=O) groups is 1. The zero-order valence-electron chi connectivity index (χ0n) is 20.7. The van der Waals surface area contributed by atoms with E-state index in [9.17, 15) is 26.4 Å². The Balaban J connectivity index is 1.49. The lowest BCUT2D eigenvalue weighted by Crippen LogP contribution is -2.62. The number of halogens is 3. The Morgan fingerprint density at radius 3 is 2.53 bits per heavy atom. The molecule has 3 aromatic rings. The third-order valence-corrected chi connectivity index (χ3v) is 8.66. The van der Waals surface area contributed by atoms with E-state index in [1.165, 1.54) is 0 Å². The summed E-state index contributed by atoms with van der Waals surface area (Å²) in [5, 5.41) is 6.98. The van der Waals surface area contributed by atoms with Crippen LogP contribution in [0.2, 0.25) is 0 Å². The standard InChI is InChI=1S/C25H27F3N6O3S/c1-15(2)22-24(35)31-21-14-34(38(36,37)17-7-5-6-16(12-17)25(26,27)28)11-10-33(21)13-20-29-19-9-4-3-8-18(19)23(30-20)32-22/h3-9,12,15,21-22H,10-11,13-14H2,1-2H3,(H,31,35)(H,29,30,32)/t21?,22-/m0/s1. The molecule has 2 aliphatic rings. The molecule has 9 nitrogen and oxygen atoms in total. The molecular formula is C25H27F3N6O3S. The molecule has 0 radical (unpaired) electrons. The fourth-order valence-corrected chi connectivity index (χ4v) is 6.23. The highest BCUT2D eigenvalue weighted by molar-refractivity contribution is 7.89. The number of hydrogen-bond acceptors (Lipinski definition) is 7. The quantitative estimate of drug-likeness (QED) is 0.518. The van der Waals surface area contributed by atoms with Gasteiger partial charge in [-0.05, 0) is 36.2 Å². The molecule has 2 N–H and O–H groups in total. The summed E-state index contributed by atoms with van der Waals surface area (Å²) in [5.74, 6) is 0.584. The Morgan fingerprint density at radius 1 is 1.03 bits per heavy atom. The normalized spacial score (nSPS) is 21.6. The van der Waals surface area contributed by atoms with E-state index in [0.717, 1.165) is 27.9 Å². The van der Waals surface area contributed by atoms with Crippen LogP contribution in [0.4, 0.5) is 19.0 Å². The van der Waals surface area contributed by atoms with Gasteiger partial charge in [0.15, 0.2) is 0 Å². The Morgan fingerprint density at radius 2 is 1.79 bits per heavy atom. The van der Waals surface area contributed by atoms with Crippen molar-refractivity contribution in [1.29, 1.82) is 0 Å². The molecule has 1 fully saturated rings. The second-order valence-corrected chi connectivity index (χ2v) is 11.7. The van der Waals surface area contributed by atoms with E-state index in [2.05, 4.69) is 20.6 Å². The van der Waals surface area contributed by atoms with Crippen molar-refractivity contribution in [2.45, 2.75) is 43.7 Å². The highest BCUT2D eigenvalue weighted by Crippen LogP contribution is 2.32. The number of sulfonamides is 1. The average molecular weight is 549 g/mol. The van der Waals surface area contributed by atoms with Crippen LogP contribution < -0.4 is 10.6 Å². The van der Waals surface area contributed by atoms with Crippen LogP contribution in [0.1, 0.15) is 25.2 Å². The van der Waals surface area contributed by atoms with E-state index in [1.54, 1.807) is 0 Å². The minimum absolute atomic E-state index is 0.0250. The van der Waals surface area contributed by atoms with Crippen molar-refractivity contribution in [2.24, 2.45) is 5.92 Å². The molecule has 202 valence electrons. The van der Waals surface area contributed by atoms with Crippen LogP contribution in [0.5, 0.6) is 0 Å². The van der Waals surface area contributed by atoms with Crippen LogP contribution >= 0.6 is 0 Å². The summed E-state index contributed by atoms with van der Waals surface area (Å²) in [4.78, 5) is 24.2. The molecule has 1 unspecified atom stereocenters. The van der Waals surface area contributed by atoms with E-state index < -0.39 is 38.9 Å². The Labute approximate surface area is 218 Å². The lowest BCUT2D eigenvalue weighted by atomic mass is 10.0. The van der Waals surface area contributed by atoms with Crippen molar-refractivity contribution in [3.63, 3.8) is 0 Å². The van der Waals surface area contributed by atoms with Gasteiger partial charge in [0.05, 0.1) is 28.7 Å². The molecule has 38 heavy (non-hydrogen) atoms. The maximum atomic E-state index is 13.4. The zero-order chi connectivity index (χ0) is 27.2. The largest absolute Gasteiger partial charge is 0.416 e. The van der Waals surface area contributed by atoms with Crippen LogP contribution in [0, 0.1) is 5.92 Å². The smallest absolute Gasteiger partial charge is 0.358 e. The first-order valence-electron chi connectivity index (χ1n) is 12.2. The molecule has 2 aliphatic heterocycles. The Kier molecular flexibility index (Phi) is 6.78. The minimum atomic E-state index is -4.67. The van der Waals surface area contributed by atoms with E-state index in [1.807, 2.05) is 43.0 Å². The van der Waals surface area contributed by atoms with Gasteiger partial charge in [-0.25, -0.2) is 18.4 Å². The number of nitrogens with one attached hydrogen (secondary N) is 2. The number of benzene rings is 2. The molecule has 1 saturated heterocycles. The molecule has 2 bridgehead atoms. The van der Waals surface area contributed by atoms with Crippen LogP contribution in [-0.4, -0.2) is 65.3 Å². The first kappa shape index (κ1) is 26.3. The average Bonchev–Trinajstić information content (AvgIpc) is 2.87. The van der Waals surface area contributed by atoms with Gasteiger partial charge in [0, 0.05) is 25.0 Å². The van der Waals surface area contributed by atoms with Crippen molar-refractivity contribution in [3.8, 4) is 0 Å². The fourth-order valence-electron chi connectivity index (χ4n) is 4.75. The van der Waals surface area contributed by atoms with Crippen LogP contribution in [0.3, 0.4) is 0 Å². The molecular weight excluding hydrogens is 521 g/mol. The summed E-state index contributed by atoms with van der Waals surface area (Å²) in [5.41, 5.74) is -0.329. The molecule has 0 aliphatic carbocycles. The molecule has 0 saturated carbocycles. The van der Waals surface area contributed by atoms with Crippen molar-refractivity contribution in [2.75, 3.05) is 25.0 Å². The number of anilines is 1. The van der Waals surface area contributed by atoms with Gasteiger partial charge in [-0.3, -0.25) is 9.69 Å². The van der Waals surface area contributed by atoms with E-state index >= 15 is 0 Å². The zero-order valence-corrected chi connectivity index (χ0v) is 21.6. The van der Waals surface area contributed by atoms with Gasteiger partial charge in [-0.2, -0.15) is 17.5 Å². The van der Waals surface area contributed by atoms with Gasteiger partial charge in [0.2, 0.25) is 15.9 Å². The predicted molar refractivity (Wildman–Crippen MR) is 134 cm³/mol. The number of hydrogen-bond donors (Lipinski definition) is 2. The number of aromatic nitrogens is 2. The number of para-hydroxylation sites is 1. The van der Waals surface area contributed by atoms with Gasteiger partial charge in [0.25, 0.3) is 0 Å². The Hall–Kier alpha value is -3.29. The van der Waals surface area contributed by atoms with Crippen molar-refractivity contribution in [3.05, 3.63) is 59.9 Å². The first-order valence-corrected chi connectivity index (χ1v) is 13.6. The maximum Gasteiger partial charge on any atom is 0.416 e. The van der Waals surface area contributed by atoms with Crippen LogP contribution in [0.25, 0.3) is 10.9 Å². The van der Waals surface area contributed by atoms with Crippen LogP contribution in [-0.2, 0) is 27.5 Å². The highest BCUT2D eigenvalue weighted by Gasteiger charge is 2.39. The second kappa shape index (κ2) is 9.79. The van der Waals surface area contributed by atoms with Crippen molar-refractivity contribution in [1.82, 2.24) is 24.5 Å². The van der Waals surface area contributed by atoms with Gasteiger partial charge in [-0.1, -0.05) is 32.0 Å². The summed E-state index contributed by atoms with van der Waals surface area (Å²) < 4.78 is 67.5. The highest BCUT2D eigenvalue weighted by atomic mass is 32.2. The SMILES string of the molecule is CC(C)[C@@H]1Nc2nc(nc3ccccc23)CN2CCN(S(=O)(=O)c3cccc(C(F)(F)F)c3)CC2NC1=O. The number of carbonyl (C=O) groups excluding carboxylic acids is 1. The number of nitrogens with zero attached hydrogens (tertiary/aromatic N) is 4. The van der Waals surface area contributed by atoms with E-state index in [4.69, 9.17) is 0 Å². The van der Waals surface area contributed by atoms with Gasteiger partial charge in [0.1, 0.15) is 17.7 Å². The Bertz CT molecular complexity index is 1480. The van der Waals surface area contributed by atoms with Crippen molar-refractivity contribution < 1.29 is 26.4 Å². The van der Waals surface area contributed by atoms with E-state index in [0.29, 0.717) is 23.2 Å². The number of piperazine rings is 1. The monoisotopic (exact) mass is 548 g/mol. The number of amides is 1. The fraction of sp³-hybridized carbons (Fsp3) is 0.400. The van der Waals surface area contributed by atoms with Crippen LogP contribution in [0.15, 0.2) is 53.4 Å². The molecule has 1 amide bonds. The van der Waals surface area contributed by atoms with Gasteiger partial charge in [-0.15, -0.1) is 0 Å². The predicted octanol–water partition coefficient (Wildman–Crippen LogP) is 3.05. The molecule has 2 atom stereocenters. The third-order valence-electron chi connectivity index (χ3n) is 6.80. The third kappa shape index (κ3) is 5.05. The molecule has 5 rings (SSSR count). The summed E-state index contributed by atoms with van der Waals surface area (Å²) >= 11 is 0. The summed E-state index contributed by atoms with van der Waals surface area (Å²) in [7, 11) is -4.25. The van der Waals surface area contributed by atoms with Gasteiger partial charge < -0.3 is 10.6 Å². The summed E-state index contributed by atoms with van der Waals surface area (Å²) in [6.07, 6.45) is -5.41. The summed E-state index contributed by atoms with van der Waals surface area (Å²) in [6.45, 7) is 4.11.